The molecule has 462 valence electrons. The van der Waals surface area contributed by atoms with E-state index in [0.29, 0.717) is 19.3 Å². The average molecular weight is 1140 g/mol. The topological polar surface area (TPSA) is 78.9 Å². The molecule has 0 radical (unpaired) electrons. The van der Waals surface area contributed by atoms with Gasteiger partial charge in [0.25, 0.3) is 0 Å². The van der Waals surface area contributed by atoms with Gasteiger partial charge in [0.2, 0.25) is 0 Å². The zero-order valence-corrected chi connectivity index (χ0v) is 52.9. The summed E-state index contributed by atoms with van der Waals surface area (Å²) in [5.74, 6) is -0.998. The molecular formula is C77H118O6. The monoisotopic (exact) mass is 1140 g/mol. The van der Waals surface area contributed by atoms with Gasteiger partial charge in [-0.2, -0.15) is 0 Å². The van der Waals surface area contributed by atoms with Crippen LogP contribution in [0.4, 0.5) is 0 Å². The summed E-state index contributed by atoms with van der Waals surface area (Å²) in [6, 6.07) is 0. The van der Waals surface area contributed by atoms with E-state index in [9.17, 15) is 14.4 Å². The molecule has 0 aliphatic rings. The number of carbonyl (C=O) groups excluding carboxylic acids is 3. The molecule has 0 bridgehead atoms. The second-order valence-corrected chi connectivity index (χ2v) is 20.9. The number of carbonyl (C=O) groups is 3. The molecule has 0 heterocycles. The molecular weight excluding hydrogens is 1020 g/mol. The quantitative estimate of drug-likeness (QED) is 0.0261. The lowest BCUT2D eigenvalue weighted by molar-refractivity contribution is -0.167. The van der Waals surface area contributed by atoms with Gasteiger partial charge in [0.1, 0.15) is 13.2 Å². The maximum atomic E-state index is 12.9. The summed E-state index contributed by atoms with van der Waals surface area (Å²) in [4.78, 5) is 38.3. The van der Waals surface area contributed by atoms with Crippen LogP contribution >= 0.6 is 0 Å². The maximum Gasteiger partial charge on any atom is 0.306 e. The summed E-state index contributed by atoms with van der Waals surface area (Å²) in [5.41, 5.74) is 0. The minimum atomic E-state index is -0.827. The van der Waals surface area contributed by atoms with Crippen LogP contribution < -0.4 is 0 Å². The van der Waals surface area contributed by atoms with Crippen LogP contribution in [0.15, 0.2) is 194 Å². The molecule has 83 heavy (non-hydrogen) atoms. The summed E-state index contributed by atoms with van der Waals surface area (Å²) in [6.45, 7) is 6.27. The Morgan fingerprint density at radius 3 is 0.759 bits per heavy atom. The third-order valence-corrected chi connectivity index (χ3v) is 13.0. The Labute approximate surface area is 509 Å². The van der Waals surface area contributed by atoms with E-state index in [-0.39, 0.29) is 37.5 Å². The standard InChI is InChI=1S/C77H118O6/c1-4-7-10-13-16-19-22-25-27-29-31-33-34-35-36-37-38-39-40-41-42-44-45-47-49-52-55-58-61-64-67-70-76(79)82-73-74(72-81-75(78)69-66-63-60-57-54-51-24-21-18-15-12-9-6-3)83-77(80)71-68-65-62-59-56-53-50-48-46-43-32-30-28-26-23-20-17-14-11-8-5-2/h7-8,10-12,15-17,19-21,24-28,31-33,35-36,38-39,41-43,45,47-48,50,56,59,74H,4-6,9,13-14,18,22-23,29-30,34,37,40,44,46,49,51-55,57-58,60-73H2,1-3H3/b10-7-,11-8-,15-12-,19-16-,20-17-,24-21-,27-25-,28-26-,33-31-,36-35-,39-38-,42-41-,43-32-,47-45-,50-48-,59-56-. The van der Waals surface area contributed by atoms with Gasteiger partial charge in [-0.3, -0.25) is 14.4 Å². The molecule has 0 N–H and O–H groups in total. The van der Waals surface area contributed by atoms with Crippen molar-refractivity contribution >= 4 is 17.9 Å². The lowest BCUT2D eigenvalue weighted by Gasteiger charge is -2.18. The molecule has 0 aromatic carbocycles. The minimum Gasteiger partial charge on any atom is -0.462 e. The number of ether oxygens (including phenoxy) is 3. The van der Waals surface area contributed by atoms with Crippen molar-refractivity contribution in [3.8, 4) is 0 Å². The van der Waals surface area contributed by atoms with Crippen molar-refractivity contribution in [2.75, 3.05) is 13.2 Å². The molecule has 0 aliphatic heterocycles. The number of allylic oxidation sites excluding steroid dienone is 32. The second kappa shape index (κ2) is 68.7. The van der Waals surface area contributed by atoms with Crippen molar-refractivity contribution in [1.82, 2.24) is 0 Å². The highest BCUT2D eigenvalue weighted by Gasteiger charge is 2.19. The Balaban J connectivity index is 4.46. The number of hydrogen-bond donors (Lipinski definition) is 0. The molecule has 0 spiro atoms. The molecule has 6 heteroatoms. The van der Waals surface area contributed by atoms with Crippen LogP contribution in [0.1, 0.15) is 252 Å². The third kappa shape index (κ3) is 66.9. The van der Waals surface area contributed by atoms with E-state index in [2.05, 4.69) is 215 Å². The van der Waals surface area contributed by atoms with Crippen molar-refractivity contribution in [3.05, 3.63) is 194 Å². The smallest absolute Gasteiger partial charge is 0.306 e. The van der Waals surface area contributed by atoms with E-state index in [1.54, 1.807) is 0 Å². The Bertz CT molecular complexity index is 1990. The molecule has 1 atom stereocenters. The van der Waals surface area contributed by atoms with Crippen molar-refractivity contribution in [2.24, 2.45) is 0 Å². The number of rotatable bonds is 57. The number of esters is 3. The van der Waals surface area contributed by atoms with Gasteiger partial charge in [0.05, 0.1) is 0 Å². The average Bonchev–Trinajstić information content (AvgIpc) is 3.49. The van der Waals surface area contributed by atoms with Crippen LogP contribution in [0.3, 0.4) is 0 Å². The van der Waals surface area contributed by atoms with Crippen LogP contribution in [0.25, 0.3) is 0 Å². The normalized spacial score (nSPS) is 13.4. The summed E-state index contributed by atoms with van der Waals surface area (Å²) in [7, 11) is 0. The minimum absolute atomic E-state index is 0.118. The van der Waals surface area contributed by atoms with E-state index in [1.807, 2.05) is 0 Å². The molecule has 6 nitrogen and oxygen atoms in total. The first-order chi connectivity index (χ1) is 41.0. The van der Waals surface area contributed by atoms with Crippen LogP contribution in [-0.2, 0) is 28.6 Å². The molecule has 0 aliphatic carbocycles. The largest absolute Gasteiger partial charge is 0.462 e. The van der Waals surface area contributed by atoms with Gasteiger partial charge in [-0.25, -0.2) is 0 Å². The summed E-state index contributed by atoms with van der Waals surface area (Å²) in [6.07, 6.45) is 104. The van der Waals surface area contributed by atoms with Crippen molar-refractivity contribution in [3.63, 3.8) is 0 Å². The van der Waals surface area contributed by atoms with Gasteiger partial charge in [-0.1, -0.05) is 267 Å². The molecule has 0 aromatic rings. The SMILES string of the molecule is CC/C=C\C/C=C\C/C=C\C/C=C\C/C=C\C/C=C\C/C=C\C/C=C\CCCCCCCCC(=O)OCC(COC(=O)CCCCCCC/C=C\C/C=C\CCC)OC(=O)CCCC/C=C\C/C=C\C/C=C\C/C=C\C/C=C\C/C=C\CC. The van der Waals surface area contributed by atoms with Crippen molar-refractivity contribution in [2.45, 2.75) is 258 Å². The fraction of sp³-hybridized carbons (Fsp3) is 0.545. The highest BCUT2D eigenvalue weighted by molar-refractivity contribution is 5.71. The van der Waals surface area contributed by atoms with Gasteiger partial charge in [0.15, 0.2) is 6.10 Å². The zero-order chi connectivity index (χ0) is 59.9. The first kappa shape index (κ1) is 77.2. The molecule has 1 unspecified atom stereocenters. The van der Waals surface area contributed by atoms with Crippen LogP contribution in [-0.4, -0.2) is 37.2 Å². The lowest BCUT2D eigenvalue weighted by Crippen LogP contribution is -2.30. The van der Waals surface area contributed by atoms with Gasteiger partial charge >= 0.3 is 17.9 Å². The van der Waals surface area contributed by atoms with Crippen LogP contribution in [0.2, 0.25) is 0 Å². The molecule has 0 saturated carbocycles. The number of unbranched alkanes of at least 4 members (excludes halogenated alkanes) is 14. The van der Waals surface area contributed by atoms with Crippen molar-refractivity contribution in [1.29, 1.82) is 0 Å². The molecule has 0 saturated heterocycles. The Hall–Kier alpha value is -5.75. The molecule has 0 fully saturated rings. The predicted octanol–water partition coefficient (Wildman–Crippen LogP) is 23.0. The molecule has 0 rings (SSSR count). The summed E-state index contributed by atoms with van der Waals surface area (Å²) in [5, 5.41) is 0. The first-order valence-corrected chi connectivity index (χ1v) is 32.9. The molecule has 0 amide bonds. The van der Waals surface area contributed by atoms with E-state index in [4.69, 9.17) is 14.2 Å². The van der Waals surface area contributed by atoms with Crippen LogP contribution in [0.5, 0.6) is 0 Å². The Morgan fingerprint density at radius 2 is 0.470 bits per heavy atom. The second-order valence-electron chi connectivity index (χ2n) is 20.9. The summed E-state index contributed by atoms with van der Waals surface area (Å²) < 4.78 is 16.9. The lowest BCUT2D eigenvalue weighted by atomic mass is 10.1. The highest BCUT2D eigenvalue weighted by Crippen LogP contribution is 2.13. The van der Waals surface area contributed by atoms with E-state index < -0.39 is 6.10 Å². The van der Waals surface area contributed by atoms with Crippen molar-refractivity contribution < 1.29 is 28.6 Å². The maximum absolute atomic E-state index is 12.9. The summed E-state index contributed by atoms with van der Waals surface area (Å²) >= 11 is 0. The van der Waals surface area contributed by atoms with Gasteiger partial charge in [-0.15, -0.1) is 0 Å². The molecule has 0 aromatic heterocycles. The highest BCUT2D eigenvalue weighted by atomic mass is 16.6. The van der Waals surface area contributed by atoms with E-state index in [1.165, 1.54) is 19.3 Å². The van der Waals surface area contributed by atoms with Gasteiger partial charge in [-0.05, 0) is 161 Å². The van der Waals surface area contributed by atoms with Gasteiger partial charge in [0, 0.05) is 19.3 Å². The Kier molecular flexibility index (Phi) is 64.0. The van der Waals surface area contributed by atoms with Crippen LogP contribution in [0, 0.1) is 0 Å². The fourth-order valence-corrected chi connectivity index (χ4v) is 8.20. The first-order valence-electron chi connectivity index (χ1n) is 32.9. The number of hydrogen-bond acceptors (Lipinski definition) is 6. The van der Waals surface area contributed by atoms with E-state index >= 15 is 0 Å². The van der Waals surface area contributed by atoms with E-state index in [0.717, 1.165) is 186 Å². The third-order valence-electron chi connectivity index (χ3n) is 13.0. The fourth-order valence-electron chi connectivity index (χ4n) is 8.20. The Morgan fingerprint density at radius 1 is 0.253 bits per heavy atom. The predicted molar refractivity (Wildman–Crippen MR) is 361 cm³/mol. The zero-order valence-electron chi connectivity index (χ0n) is 52.9. The van der Waals surface area contributed by atoms with Gasteiger partial charge < -0.3 is 14.2 Å².